The van der Waals surface area contributed by atoms with E-state index in [9.17, 15) is 4.79 Å². The van der Waals surface area contributed by atoms with Gasteiger partial charge in [-0.3, -0.25) is 14.5 Å². The molecule has 0 atom stereocenters. The second-order valence-electron chi connectivity index (χ2n) is 5.17. The van der Waals surface area contributed by atoms with Gasteiger partial charge >= 0.3 is 0 Å². The molecule has 1 N–H and O–H groups in total. The Bertz CT molecular complexity index is 509. The van der Waals surface area contributed by atoms with E-state index in [1.54, 1.807) is 22.8 Å². The minimum atomic E-state index is 0.0766. The molecular formula is C14H24N6O. The third-order valence-corrected chi connectivity index (χ3v) is 3.55. The monoisotopic (exact) mass is 292 g/mol. The summed E-state index contributed by atoms with van der Waals surface area (Å²) in [6.45, 7) is 4.81. The predicted molar refractivity (Wildman–Crippen MR) is 83.4 cm³/mol. The zero-order valence-corrected chi connectivity index (χ0v) is 13.0. The number of carbonyl (C=O) groups is 1. The van der Waals surface area contributed by atoms with Crippen LogP contribution in [0.15, 0.2) is 17.4 Å². The van der Waals surface area contributed by atoms with Crippen LogP contribution in [0.4, 0.5) is 5.69 Å². The molecule has 1 fully saturated rings. The Hall–Kier alpha value is -2.05. The van der Waals surface area contributed by atoms with Crippen LogP contribution < -0.4 is 10.2 Å². The van der Waals surface area contributed by atoms with E-state index in [4.69, 9.17) is 0 Å². The molecular weight excluding hydrogens is 268 g/mol. The summed E-state index contributed by atoms with van der Waals surface area (Å²) in [6.07, 6.45) is 5.82. The minimum Gasteiger partial charge on any atom is -0.356 e. The van der Waals surface area contributed by atoms with E-state index in [1.165, 1.54) is 0 Å². The fourth-order valence-electron chi connectivity index (χ4n) is 2.38. The first-order valence-electron chi connectivity index (χ1n) is 7.40. The summed E-state index contributed by atoms with van der Waals surface area (Å²) >= 11 is 0. The lowest BCUT2D eigenvalue weighted by Gasteiger charge is -2.35. The van der Waals surface area contributed by atoms with Crippen LogP contribution in [0.25, 0.3) is 0 Å². The molecule has 1 aliphatic heterocycles. The number of carbonyl (C=O) groups excluding carboxylic acids is 1. The highest BCUT2D eigenvalue weighted by Crippen LogP contribution is 2.15. The van der Waals surface area contributed by atoms with Crippen molar-refractivity contribution < 1.29 is 4.79 Å². The van der Waals surface area contributed by atoms with Gasteiger partial charge in [0.1, 0.15) is 6.54 Å². The van der Waals surface area contributed by atoms with Gasteiger partial charge in [0.25, 0.3) is 0 Å². The second kappa shape index (κ2) is 7.10. The van der Waals surface area contributed by atoms with Crippen molar-refractivity contribution in [1.82, 2.24) is 20.0 Å². The maximum Gasteiger partial charge on any atom is 0.246 e. The molecule has 116 valence electrons. The van der Waals surface area contributed by atoms with Crippen LogP contribution in [0.1, 0.15) is 19.8 Å². The molecule has 1 amide bonds. The van der Waals surface area contributed by atoms with E-state index in [0.717, 1.165) is 37.6 Å². The van der Waals surface area contributed by atoms with Gasteiger partial charge in [-0.1, -0.05) is 13.3 Å². The number of nitrogens with one attached hydrogen (secondary N) is 1. The van der Waals surface area contributed by atoms with Crippen LogP contribution in [0.5, 0.6) is 0 Å². The Labute approximate surface area is 125 Å². The first kappa shape index (κ1) is 15.3. The van der Waals surface area contributed by atoms with Crippen molar-refractivity contribution >= 4 is 17.6 Å². The van der Waals surface area contributed by atoms with Crippen LogP contribution in [-0.2, 0) is 11.8 Å². The van der Waals surface area contributed by atoms with E-state index < -0.39 is 0 Å². The molecule has 0 spiro atoms. The number of aliphatic imine (C=N–C) groups is 1. The predicted octanol–water partition coefficient (Wildman–Crippen LogP) is 0.444. The summed E-state index contributed by atoms with van der Waals surface area (Å²) in [5, 5.41) is 7.43. The lowest BCUT2D eigenvalue weighted by molar-refractivity contribution is -0.120. The summed E-state index contributed by atoms with van der Waals surface area (Å²) in [6, 6.07) is 0. The standard InChI is InChI=1S/C14H24N6O/c1-4-5-6-16-14(15-2)19-7-8-20(13(21)11-19)12-9-17-18(3)10-12/h9-10H,4-8,11H2,1-3H3,(H,15,16). The summed E-state index contributed by atoms with van der Waals surface area (Å²) in [7, 11) is 3.61. The number of aryl methyl sites for hydroxylation is 1. The van der Waals surface area contributed by atoms with Crippen LogP contribution >= 0.6 is 0 Å². The van der Waals surface area contributed by atoms with Crippen molar-refractivity contribution in [2.24, 2.45) is 12.0 Å². The average molecular weight is 292 g/mol. The molecule has 1 aromatic rings. The topological polar surface area (TPSA) is 65.8 Å². The van der Waals surface area contributed by atoms with Crippen molar-refractivity contribution in [3.05, 3.63) is 12.4 Å². The van der Waals surface area contributed by atoms with Crippen molar-refractivity contribution in [3.8, 4) is 0 Å². The van der Waals surface area contributed by atoms with Gasteiger partial charge in [0.05, 0.1) is 11.9 Å². The number of anilines is 1. The Balaban J connectivity index is 1.95. The highest BCUT2D eigenvalue weighted by molar-refractivity contribution is 5.98. The lowest BCUT2D eigenvalue weighted by Crippen LogP contribution is -2.55. The fourth-order valence-corrected chi connectivity index (χ4v) is 2.38. The molecule has 7 nitrogen and oxygen atoms in total. The lowest BCUT2D eigenvalue weighted by atomic mass is 10.3. The van der Waals surface area contributed by atoms with E-state index >= 15 is 0 Å². The quantitative estimate of drug-likeness (QED) is 0.497. The number of aromatic nitrogens is 2. The van der Waals surface area contributed by atoms with Gasteiger partial charge in [-0.15, -0.1) is 0 Å². The van der Waals surface area contributed by atoms with Crippen molar-refractivity contribution in [2.45, 2.75) is 19.8 Å². The van der Waals surface area contributed by atoms with Crippen molar-refractivity contribution in [3.63, 3.8) is 0 Å². The average Bonchev–Trinajstić information content (AvgIpc) is 2.90. The Kier molecular flexibility index (Phi) is 5.19. The number of amides is 1. The number of hydrogen-bond donors (Lipinski definition) is 1. The molecule has 1 aliphatic rings. The smallest absolute Gasteiger partial charge is 0.246 e. The summed E-state index contributed by atoms with van der Waals surface area (Å²) in [4.78, 5) is 20.4. The number of rotatable bonds is 4. The summed E-state index contributed by atoms with van der Waals surface area (Å²) in [5.41, 5.74) is 0.857. The van der Waals surface area contributed by atoms with Crippen LogP contribution in [0.3, 0.4) is 0 Å². The molecule has 21 heavy (non-hydrogen) atoms. The molecule has 2 heterocycles. The zero-order valence-electron chi connectivity index (χ0n) is 13.0. The third kappa shape index (κ3) is 3.74. The third-order valence-electron chi connectivity index (χ3n) is 3.55. The Morgan fingerprint density at radius 2 is 2.29 bits per heavy atom. The molecule has 0 aromatic carbocycles. The Morgan fingerprint density at radius 3 is 2.86 bits per heavy atom. The van der Waals surface area contributed by atoms with Gasteiger partial charge < -0.3 is 15.1 Å². The first-order chi connectivity index (χ1) is 10.2. The molecule has 1 aromatic heterocycles. The molecule has 0 aliphatic carbocycles. The second-order valence-corrected chi connectivity index (χ2v) is 5.17. The number of piperazine rings is 1. The molecule has 0 saturated carbocycles. The fraction of sp³-hybridized carbons (Fsp3) is 0.643. The normalized spacial score (nSPS) is 16.5. The van der Waals surface area contributed by atoms with E-state index in [0.29, 0.717) is 13.1 Å². The van der Waals surface area contributed by atoms with Gasteiger partial charge in [0.15, 0.2) is 5.96 Å². The van der Waals surface area contributed by atoms with E-state index in [-0.39, 0.29) is 5.91 Å². The molecule has 2 rings (SSSR count). The van der Waals surface area contributed by atoms with Crippen LogP contribution in [-0.4, -0.2) is 59.8 Å². The molecule has 0 radical (unpaired) electrons. The van der Waals surface area contributed by atoms with E-state index in [1.807, 2.05) is 18.1 Å². The van der Waals surface area contributed by atoms with E-state index in [2.05, 4.69) is 22.3 Å². The Morgan fingerprint density at radius 1 is 1.48 bits per heavy atom. The first-order valence-corrected chi connectivity index (χ1v) is 7.40. The molecule has 0 unspecified atom stereocenters. The number of guanidine groups is 1. The SMILES string of the molecule is CCCCNC(=NC)N1CCN(c2cnn(C)c2)C(=O)C1. The number of unbranched alkanes of at least 4 members (excludes halogenated alkanes) is 1. The highest BCUT2D eigenvalue weighted by atomic mass is 16.2. The highest BCUT2D eigenvalue weighted by Gasteiger charge is 2.27. The van der Waals surface area contributed by atoms with Crippen LogP contribution in [0.2, 0.25) is 0 Å². The van der Waals surface area contributed by atoms with Crippen molar-refractivity contribution in [1.29, 1.82) is 0 Å². The summed E-state index contributed by atoms with van der Waals surface area (Å²) < 4.78 is 1.71. The maximum absolute atomic E-state index is 12.3. The molecule has 0 bridgehead atoms. The summed E-state index contributed by atoms with van der Waals surface area (Å²) in [5.74, 6) is 0.885. The number of hydrogen-bond acceptors (Lipinski definition) is 3. The van der Waals surface area contributed by atoms with Gasteiger partial charge in [-0.05, 0) is 6.42 Å². The van der Waals surface area contributed by atoms with Crippen LogP contribution in [0, 0.1) is 0 Å². The van der Waals surface area contributed by atoms with Gasteiger partial charge in [0.2, 0.25) is 5.91 Å². The van der Waals surface area contributed by atoms with Gasteiger partial charge in [-0.2, -0.15) is 5.10 Å². The van der Waals surface area contributed by atoms with Gasteiger partial charge in [0, 0.05) is 39.9 Å². The minimum absolute atomic E-state index is 0.0766. The zero-order chi connectivity index (χ0) is 15.2. The number of nitrogens with zero attached hydrogens (tertiary/aromatic N) is 5. The maximum atomic E-state index is 12.3. The largest absolute Gasteiger partial charge is 0.356 e. The molecule has 1 saturated heterocycles. The molecule has 7 heteroatoms. The van der Waals surface area contributed by atoms with Gasteiger partial charge in [-0.25, -0.2) is 0 Å². The van der Waals surface area contributed by atoms with Crippen molar-refractivity contribution in [2.75, 3.05) is 38.1 Å².